The molecular formula is C20H20N2O2. The minimum atomic E-state index is -0.402. The van der Waals surface area contributed by atoms with Gasteiger partial charge in [0.1, 0.15) is 23.0 Å². The molecule has 1 aliphatic rings. The van der Waals surface area contributed by atoms with Crippen LogP contribution in [0.15, 0.2) is 62.4 Å². The van der Waals surface area contributed by atoms with E-state index in [1.165, 1.54) is 0 Å². The maximum atomic E-state index is 5.94. The summed E-state index contributed by atoms with van der Waals surface area (Å²) in [5.41, 5.74) is 2.42. The van der Waals surface area contributed by atoms with Crippen molar-refractivity contribution >= 4 is 17.1 Å². The molecule has 1 atom stereocenters. The van der Waals surface area contributed by atoms with E-state index < -0.39 is 5.54 Å². The summed E-state index contributed by atoms with van der Waals surface area (Å²) in [5.74, 6) is 3.49. The molecule has 122 valence electrons. The number of nitrogens with zero attached hydrogens (tertiary/aromatic N) is 1. The second-order valence-corrected chi connectivity index (χ2v) is 6.53. The number of hydrogen-bond acceptors (Lipinski definition) is 4. The summed E-state index contributed by atoms with van der Waals surface area (Å²) >= 11 is 0. The summed E-state index contributed by atoms with van der Waals surface area (Å²) in [5, 5.41) is 3.62. The van der Waals surface area contributed by atoms with Gasteiger partial charge in [-0.2, -0.15) is 0 Å². The molecule has 0 unspecified atom stereocenters. The average Bonchev–Trinajstić information content (AvgIpc) is 3.14. The van der Waals surface area contributed by atoms with Gasteiger partial charge in [-0.25, -0.2) is 4.99 Å². The lowest BCUT2D eigenvalue weighted by Gasteiger charge is -2.28. The quantitative estimate of drug-likeness (QED) is 0.693. The number of anilines is 1. The van der Waals surface area contributed by atoms with E-state index in [-0.39, 0.29) is 0 Å². The van der Waals surface area contributed by atoms with E-state index in [9.17, 15) is 0 Å². The van der Waals surface area contributed by atoms with E-state index in [1.54, 1.807) is 0 Å². The predicted molar refractivity (Wildman–Crippen MR) is 95.1 cm³/mol. The highest BCUT2D eigenvalue weighted by Gasteiger charge is 2.35. The molecule has 0 spiro atoms. The third kappa shape index (κ3) is 2.54. The number of hydrogen-bond donors (Lipinski definition) is 1. The maximum absolute atomic E-state index is 5.94. The third-order valence-electron chi connectivity index (χ3n) is 4.40. The monoisotopic (exact) mass is 320 g/mol. The van der Waals surface area contributed by atoms with Crippen molar-refractivity contribution in [3.63, 3.8) is 0 Å². The van der Waals surface area contributed by atoms with Crippen molar-refractivity contribution < 1.29 is 8.83 Å². The molecule has 1 aromatic carbocycles. The molecule has 3 aromatic rings. The van der Waals surface area contributed by atoms with Crippen molar-refractivity contribution in [3.05, 3.63) is 71.6 Å². The molecule has 24 heavy (non-hydrogen) atoms. The molecule has 0 amide bonds. The topological polar surface area (TPSA) is 50.7 Å². The first kappa shape index (κ1) is 14.8. The second kappa shape index (κ2) is 5.41. The predicted octanol–water partition coefficient (Wildman–Crippen LogP) is 5.34. The number of nitrogens with one attached hydrogen (secondary N) is 1. The van der Waals surface area contributed by atoms with E-state index in [1.807, 2.05) is 62.4 Å². The first-order valence-corrected chi connectivity index (χ1v) is 8.12. The molecule has 2 aromatic heterocycles. The fourth-order valence-corrected chi connectivity index (χ4v) is 3.15. The van der Waals surface area contributed by atoms with E-state index in [4.69, 9.17) is 13.8 Å². The molecule has 1 N–H and O–H groups in total. The Balaban J connectivity index is 1.86. The zero-order chi connectivity index (χ0) is 16.7. The summed E-state index contributed by atoms with van der Waals surface area (Å²) in [6, 6.07) is 16.0. The Morgan fingerprint density at radius 3 is 2.42 bits per heavy atom. The van der Waals surface area contributed by atoms with Crippen LogP contribution in [0, 0.1) is 13.8 Å². The van der Waals surface area contributed by atoms with Crippen LogP contribution in [0.25, 0.3) is 0 Å². The Bertz CT molecular complexity index is 919. The van der Waals surface area contributed by atoms with E-state index in [0.29, 0.717) is 6.42 Å². The molecule has 0 saturated carbocycles. The summed E-state index contributed by atoms with van der Waals surface area (Å²) in [4.78, 5) is 4.87. The van der Waals surface area contributed by atoms with Crippen molar-refractivity contribution in [2.45, 2.75) is 32.7 Å². The second-order valence-electron chi connectivity index (χ2n) is 6.53. The number of aliphatic imine (C=N–C) groups is 1. The van der Waals surface area contributed by atoms with Crippen LogP contribution < -0.4 is 5.32 Å². The molecule has 0 bridgehead atoms. The Morgan fingerprint density at radius 2 is 1.71 bits per heavy atom. The summed E-state index contributed by atoms with van der Waals surface area (Å²) in [6.07, 6.45) is 0.668. The van der Waals surface area contributed by atoms with Crippen molar-refractivity contribution in [2.24, 2.45) is 4.99 Å². The lowest BCUT2D eigenvalue weighted by Crippen LogP contribution is -2.33. The minimum Gasteiger partial charge on any atom is -0.464 e. The van der Waals surface area contributed by atoms with Gasteiger partial charge in [0.2, 0.25) is 0 Å². The zero-order valence-electron chi connectivity index (χ0n) is 14.1. The molecule has 0 saturated heterocycles. The van der Waals surface area contributed by atoms with Crippen molar-refractivity contribution in [3.8, 4) is 0 Å². The SMILES string of the molecule is Cc1ccc(C2=Nc3ccccc3N[C@](C)(c3ccc(C)o3)C2)o1. The normalized spacial score (nSPS) is 20.0. The molecule has 4 heteroatoms. The maximum Gasteiger partial charge on any atom is 0.148 e. The van der Waals surface area contributed by atoms with E-state index in [2.05, 4.69) is 12.2 Å². The zero-order valence-corrected chi connectivity index (χ0v) is 14.1. The van der Waals surface area contributed by atoms with Crippen LogP contribution in [0.4, 0.5) is 11.4 Å². The standard InChI is InChI=1S/C20H20N2O2/c1-13-8-10-18(23-13)17-12-20(3,19-11-9-14(2)24-19)22-16-7-5-4-6-15(16)21-17/h4-11,22H,12H2,1-3H3/t20-/m0/s1. The largest absolute Gasteiger partial charge is 0.464 e. The summed E-state index contributed by atoms with van der Waals surface area (Å²) < 4.78 is 11.8. The Morgan fingerprint density at radius 1 is 0.958 bits per heavy atom. The van der Waals surface area contributed by atoms with Crippen LogP contribution in [0.3, 0.4) is 0 Å². The van der Waals surface area contributed by atoms with Crippen LogP contribution in [0.5, 0.6) is 0 Å². The first-order valence-electron chi connectivity index (χ1n) is 8.12. The van der Waals surface area contributed by atoms with Gasteiger partial charge in [0, 0.05) is 6.42 Å². The number of benzene rings is 1. The van der Waals surface area contributed by atoms with Crippen LogP contribution in [-0.2, 0) is 5.54 Å². The molecule has 0 radical (unpaired) electrons. The van der Waals surface area contributed by atoms with Gasteiger partial charge in [-0.05, 0) is 57.2 Å². The van der Waals surface area contributed by atoms with Crippen LogP contribution in [-0.4, -0.2) is 5.71 Å². The smallest absolute Gasteiger partial charge is 0.148 e. The van der Waals surface area contributed by atoms with Gasteiger partial charge in [-0.15, -0.1) is 0 Å². The number of furan rings is 2. The molecule has 1 aliphatic heterocycles. The molecule has 4 rings (SSSR count). The number of fused-ring (bicyclic) bond motifs is 1. The fourth-order valence-electron chi connectivity index (χ4n) is 3.15. The number of para-hydroxylation sites is 2. The van der Waals surface area contributed by atoms with Gasteiger partial charge >= 0.3 is 0 Å². The lowest BCUT2D eigenvalue weighted by atomic mass is 9.91. The first-order chi connectivity index (χ1) is 11.5. The summed E-state index contributed by atoms with van der Waals surface area (Å²) in [6.45, 7) is 6.04. The van der Waals surface area contributed by atoms with Crippen LogP contribution in [0.2, 0.25) is 0 Å². The lowest BCUT2D eigenvalue weighted by molar-refractivity contribution is 0.389. The van der Waals surface area contributed by atoms with Gasteiger partial charge in [0.25, 0.3) is 0 Å². The molecular weight excluding hydrogens is 300 g/mol. The Hall–Kier alpha value is -2.75. The van der Waals surface area contributed by atoms with Gasteiger partial charge in [0.15, 0.2) is 0 Å². The van der Waals surface area contributed by atoms with Gasteiger partial charge in [0.05, 0.1) is 22.6 Å². The fraction of sp³-hybridized carbons (Fsp3) is 0.250. The van der Waals surface area contributed by atoms with E-state index in [0.717, 1.165) is 40.1 Å². The van der Waals surface area contributed by atoms with Crippen LogP contribution >= 0.6 is 0 Å². The van der Waals surface area contributed by atoms with E-state index >= 15 is 0 Å². The van der Waals surface area contributed by atoms with Crippen LogP contribution in [0.1, 0.15) is 36.4 Å². The minimum absolute atomic E-state index is 0.402. The average molecular weight is 320 g/mol. The molecule has 4 nitrogen and oxygen atoms in total. The van der Waals surface area contributed by atoms with Crippen molar-refractivity contribution in [1.82, 2.24) is 0 Å². The van der Waals surface area contributed by atoms with Crippen molar-refractivity contribution in [2.75, 3.05) is 5.32 Å². The number of rotatable bonds is 2. The Labute approximate surface area is 141 Å². The highest BCUT2D eigenvalue weighted by Crippen LogP contribution is 2.39. The highest BCUT2D eigenvalue weighted by atomic mass is 16.3. The van der Waals surface area contributed by atoms with Gasteiger partial charge in [-0.3, -0.25) is 0 Å². The van der Waals surface area contributed by atoms with Crippen molar-refractivity contribution in [1.29, 1.82) is 0 Å². The molecule has 0 aliphatic carbocycles. The number of aryl methyl sites for hydroxylation is 2. The third-order valence-corrected chi connectivity index (χ3v) is 4.40. The van der Waals surface area contributed by atoms with Gasteiger partial charge < -0.3 is 14.2 Å². The Kier molecular flexibility index (Phi) is 3.34. The molecule has 0 fully saturated rings. The highest BCUT2D eigenvalue weighted by molar-refractivity contribution is 6.02. The van der Waals surface area contributed by atoms with Gasteiger partial charge in [-0.1, -0.05) is 12.1 Å². The molecule has 3 heterocycles. The summed E-state index contributed by atoms with van der Waals surface area (Å²) in [7, 11) is 0.